The number of aromatic nitrogens is 3. The van der Waals surface area contributed by atoms with Crippen LogP contribution in [0.5, 0.6) is 0 Å². The Balaban J connectivity index is 0.000000380. The van der Waals surface area contributed by atoms with Crippen molar-refractivity contribution in [2.45, 2.75) is 34.1 Å². The van der Waals surface area contributed by atoms with Crippen molar-refractivity contribution in [3.63, 3.8) is 0 Å². The van der Waals surface area contributed by atoms with Gasteiger partial charge in [0.1, 0.15) is 0 Å². The number of anilines is 1. The monoisotopic (exact) mass is 374 g/mol. The molecule has 144 valence electrons. The Morgan fingerprint density at radius 2 is 1.81 bits per heavy atom. The minimum absolute atomic E-state index is 0.275. The van der Waals surface area contributed by atoms with Crippen LogP contribution in [0.25, 0.3) is 16.6 Å². The highest BCUT2D eigenvalue weighted by atomic mass is 19.3. The molecule has 27 heavy (non-hydrogen) atoms. The molecule has 6 nitrogen and oxygen atoms in total. The van der Waals surface area contributed by atoms with Crippen molar-refractivity contribution in [3.8, 4) is 11.1 Å². The third-order valence-electron chi connectivity index (χ3n) is 3.92. The molecule has 0 saturated heterocycles. The van der Waals surface area contributed by atoms with E-state index in [0.29, 0.717) is 0 Å². The van der Waals surface area contributed by atoms with Crippen LogP contribution in [0.3, 0.4) is 0 Å². The second-order valence-electron chi connectivity index (χ2n) is 6.46. The molecule has 2 N–H and O–H groups in total. The molecule has 2 aromatic heterocycles. The van der Waals surface area contributed by atoms with Gasteiger partial charge in [-0.25, -0.2) is 18.3 Å². The first kappa shape index (κ1) is 20.4. The Bertz CT molecular complexity index is 941. The van der Waals surface area contributed by atoms with Gasteiger partial charge >= 0.3 is 0 Å². The van der Waals surface area contributed by atoms with Gasteiger partial charge in [0.15, 0.2) is 0 Å². The molecular weight excluding hydrogens is 350 g/mol. The molecule has 3 aromatic rings. The maximum Gasteiger partial charge on any atom is 0.240 e. The Morgan fingerprint density at radius 3 is 2.37 bits per heavy atom. The average Bonchev–Trinajstić information content (AvgIpc) is 3.01. The van der Waals surface area contributed by atoms with Crippen LogP contribution in [-0.4, -0.2) is 28.1 Å². The van der Waals surface area contributed by atoms with E-state index < -0.39 is 12.3 Å². The number of rotatable bonds is 3. The van der Waals surface area contributed by atoms with E-state index >= 15 is 0 Å². The molecule has 0 amide bonds. The van der Waals surface area contributed by atoms with Gasteiger partial charge < -0.3 is 5.73 Å². The molecule has 0 spiro atoms. The number of benzene rings is 1. The summed E-state index contributed by atoms with van der Waals surface area (Å²) in [5.74, 6) is -0.206. The van der Waals surface area contributed by atoms with E-state index in [1.54, 1.807) is 11.6 Å². The van der Waals surface area contributed by atoms with Gasteiger partial charge in [-0.15, -0.1) is 5.10 Å². The van der Waals surface area contributed by atoms with Crippen LogP contribution in [0.15, 0.2) is 40.7 Å². The predicted octanol–water partition coefficient (Wildman–Crippen LogP) is 5.22. The van der Waals surface area contributed by atoms with Gasteiger partial charge in [-0.1, -0.05) is 19.9 Å². The molecule has 0 aliphatic heterocycles. The van der Waals surface area contributed by atoms with E-state index in [1.165, 1.54) is 13.8 Å². The molecule has 0 atom stereocenters. The quantitative estimate of drug-likeness (QED) is 0.639. The number of nitrogens with zero attached hydrogens (tertiary/aromatic N) is 5. The number of hydrogen-bond acceptors (Lipinski definition) is 5. The number of fused-ring (bicyclic) bond motifs is 1. The lowest BCUT2D eigenvalue weighted by Crippen LogP contribution is -2.02. The van der Waals surface area contributed by atoms with Crippen LogP contribution in [0.4, 0.5) is 20.4 Å². The molecule has 2 heterocycles. The molecule has 3 rings (SSSR count). The van der Waals surface area contributed by atoms with Gasteiger partial charge in [0, 0.05) is 24.7 Å². The van der Waals surface area contributed by atoms with Crippen molar-refractivity contribution in [2.75, 3.05) is 12.8 Å². The topological polar surface area (TPSA) is 80.9 Å². The van der Waals surface area contributed by atoms with E-state index in [2.05, 4.69) is 26.4 Å². The second-order valence-corrected chi connectivity index (χ2v) is 6.46. The standard InChI is InChI=1S/C15H16N6.C4H8F2/c1-9-8-11(4-5-13(9)19-17-3)12-6-7-21-14(12)10(2)18-15(16)20-21;1-3(2)4(5)6/h4-8H,1-3H3,(H2,16,20);3-4H,1-2H3. The molecule has 0 aliphatic rings. The number of nitrogen functional groups attached to an aromatic ring is 1. The largest absolute Gasteiger partial charge is 0.367 e. The lowest BCUT2D eigenvalue weighted by Gasteiger charge is -2.06. The number of nitrogens with two attached hydrogens (primary N) is 1. The third-order valence-corrected chi connectivity index (χ3v) is 3.92. The fourth-order valence-corrected chi connectivity index (χ4v) is 2.50. The number of halogens is 2. The molecule has 0 unspecified atom stereocenters. The SMILES string of the molecule is CC(C)C(F)F.CN=Nc1ccc(-c2ccn3nc(N)nc(C)c23)cc1C. The zero-order valence-electron chi connectivity index (χ0n) is 16.1. The number of aryl methyl sites for hydroxylation is 2. The fourth-order valence-electron chi connectivity index (χ4n) is 2.50. The average molecular weight is 374 g/mol. The van der Waals surface area contributed by atoms with E-state index in [4.69, 9.17) is 5.73 Å². The predicted molar refractivity (Wildman–Crippen MR) is 104 cm³/mol. The van der Waals surface area contributed by atoms with Crippen molar-refractivity contribution >= 4 is 17.2 Å². The molecule has 0 bridgehead atoms. The van der Waals surface area contributed by atoms with Crippen LogP contribution in [0, 0.1) is 19.8 Å². The summed E-state index contributed by atoms with van der Waals surface area (Å²) in [6.07, 6.45) is -0.255. The van der Waals surface area contributed by atoms with E-state index in [9.17, 15) is 8.78 Å². The Morgan fingerprint density at radius 1 is 1.15 bits per heavy atom. The summed E-state index contributed by atoms with van der Waals surface area (Å²) in [5, 5.41) is 12.1. The summed E-state index contributed by atoms with van der Waals surface area (Å²) in [4.78, 5) is 4.24. The van der Waals surface area contributed by atoms with Crippen molar-refractivity contribution in [1.29, 1.82) is 0 Å². The summed E-state index contributed by atoms with van der Waals surface area (Å²) in [6, 6.07) is 8.11. The van der Waals surface area contributed by atoms with Crippen molar-refractivity contribution in [3.05, 3.63) is 41.7 Å². The Labute approximate surface area is 157 Å². The highest BCUT2D eigenvalue weighted by Crippen LogP contribution is 2.31. The van der Waals surface area contributed by atoms with Crippen LogP contribution < -0.4 is 5.73 Å². The first-order chi connectivity index (χ1) is 12.7. The Hall–Kier alpha value is -2.90. The van der Waals surface area contributed by atoms with Crippen LogP contribution >= 0.6 is 0 Å². The highest BCUT2D eigenvalue weighted by Gasteiger charge is 2.11. The van der Waals surface area contributed by atoms with E-state index in [0.717, 1.165) is 33.6 Å². The maximum atomic E-state index is 11.2. The number of azo groups is 1. The molecule has 8 heteroatoms. The second kappa shape index (κ2) is 8.66. The first-order valence-electron chi connectivity index (χ1n) is 8.55. The van der Waals surface area contributed by atoms with Gasteiger partial charge in [-0.05, 0) is 43.2 Å². The van der Waals surface area contributed by atoms with Gasteiger partial charge in [0.25, 0.3) is 0 Å². The minimum atomic E-state index is -2.15. The summed E-state index contributed by atoms with van der Waals surface area (Å²) in [5.41, 5.74) is 11.6. The lowest BCUT2D eigenvalue weighted by molar-refractivity contribution is 0.0955. The van der Waals surface area contributed by atoms with Crippen LogP contribution in [0.2, 0.25) is 0 Å². The third kappa shape index (κ3) is 4.84. The Kier molecular flexibility index (Phi) is 6.55. The van der Waals surface area contributed by atoms with Crippen molar-refractivity contribution in [1.82, 2.24) is 14.6 Å². The number of hydrogen-bond donors (Lipinski definition) is 1. The molecular formula is C19H24F2N6. The molecule has 0 aliphatic carbocycles. The first-order valence-corrected chi connectivity index (χ1v) is 8.55. The summed E-state index contributed by atoms with van der Waals surface area (Å²) >= 11 is 0. The van der Waals surface area contributed by atoms with Crippen molar-refractivity contribution < 1.29 is 8.78 Å². The summed E-state index contributed by atoms with van der Waals surface area (Å²) < 4.78 is 24.1. The van der Waals surface area contributed by atoms with Crippen molar-refractivity contribution in [2.24, 2.45) is 16.1 Å². The summed E-state index contributed by atoms with van der Waals surface area (Å²) in [7, 11) is 1.67. The lowest BCUT2D eigenvalue weighted by atomic mass is 10.0. The summed E-state index contributed by atoms with van der Waals surface area (Å²) in [6.45, 7) is 6.94. The zero-order chi connectivity index (χ0) is 20.1. The fraction of sp³-hybridized carbons (Fsp3) is 0.368. The zero-order valence-corrected chi connectivity index (χ0v) is 16.1. The van der Waals surface area contributed by atoms with Crippen LogP contribution in [0.1, 0.15) is 25.1 Å². The van der Waals surface area contributed by atoms with Gasteiger partial charge in [0.2, 0.25) is 12.4 Å². The molecule has 0 saturated carbocycles. The maximum absolute atomic E-state index is 11.2. The normalized spacial score (nSPS) is 11.4. The molecule has 1 aromatic carbocycles. The van der Waals surface area contributed by atoms with Gasteiger partial charge in [-0.3, -0.25) is 0 Å². The van der Waals surface area contributed by atoms with E-state index in [-0.39, 0.29) is 5.95 Å². The molecule has 0 fully saturated rings. The van der Waals surface area contributed by atoms with Gasteiger partial charge in [0.05, 0.1) is 16.9 Å². The van der Waals surface area contributed by atoms with Gasteiger partial charge in [-0.2, -0.15) is 10.2 Å². The van der Waals surface area contributed by atoms with E-state index in [1.807, 2.05) is 38.2 Å². The minimum Gasteiger partial charge on any atom is -0.367 e. The van der Waals surface area contributed by atoms with Crippen LogP contribution in [-0.2, 0) is 0 Å². The smallest absolute Gasteiger partial charge is 0.240 e. The highest BCUT2D eigenvalue weighted by molar-refractivity contribution is 5.83. The molecule has 0 radical (unpaired) electrons. The number of alkyl halides is 2.